The molecular formula is C36H46N4O5S. The predicted molar refractivity (Wildman–Crippen MR) is 178 cm³/mol. The van der Waals surface area contributed by atoms with Crippen LogP contribution in [0.3, 0.4) is 0 Å². The summed E-state index contributed by atoms with van der Waals surface area (Å²) in [6.45, 7) is 1.92. The normalized spacial score (nSPS) is 28.0. The summed E-state index contributed by atoms with van der Waals surface area (Å²) in [6, 6.07) is 18.1. The van der Waals surface area contributed by atoms with Crippen LogP contribution in [0, 0.1) is 11.8 Å². The van der Waals surface area contributed by atoms with E-state index in [9.17, 15) is 22.8 Å². The van der Waals surface area contributed by atoms with E-state index in [-0.39, 0.29) is 23.7 Å². The molecule has 0 aromatic heterocycles. The van der Waals surface area contributed by atoms with Gasteiger partial charge in [0.15, 0.2) is 0 Å². The lowest BCUT2D eigenvalue weighted by atomic mass is 10.0. The first-order valence-electron chi connectivity index (χ1n) is 16.8. The lowest BCUT2D eigenvalue weighted by Crippen LogP contribution is -2.56. The maximum absolute atomic E-state index is 14.0. The van der Waals surface area contributed by atoms with Crippen LogP contribution in [0.15, 0.2) is 66.7 Å². The first kappa shape index (κ1) is 32.4. The molecule has 2 saturated carbocycles. The van der Waals surface area contributed by atoms with Gasteiger partial charge in [-0.2, -0.15) is 0 Å². The van der Waals surface area contributed by atoms with Gasteiger partial charge in [-0.25, -0.2) is 8.42 Å². The largest absolute Gasteiger partial charge is 0.339 e. The van der Waals surface area contributed by atoms with Crippen molar-refractivity contribution in [2.45, 2.75) is 87.6 Å². The number of sulfonamides is 1. The summed E-state index contributed by atoms with van der Waals surface area (Å²) < 4.78 is 27.6. The van der Waals surface area contributed by atoms with Crippen molar-refractivity contribution in [3.05, 3.63) is 72.3 Å². The Hall–Kier alpha value is -3.50. The van der Waals surface area contributed by atoms with Gasteiger partial charge in [-0.05, 0) is 80.7 Å². The molecule has 3 amide bonds. The number of hydrogen-bond acceptors (Lipinski definition) is 6. The van der Waals surface area contributed by atoms with Crippen LogP contribution in [-0.2, 0) is 31.0 Å². The SMILES string of the molecule is CN(Cc1cccc(-c2ccccc2)c1)C[C@@H]1C[C@H]2C(=O)N[C@]3(C(=O)NS(=O)(=O)C4CC4)C[C@H]3/C=C\CCCCCCC(=O)N2C1. The van der Waals surface area contributed by atoms with E-state index in [1.54, 1.807) is 4.90 Å². The van der Waals surface area contributed by atoms with E-state index in [2.05, 4.69) is 58.4 Å². The van der Waals surface area contributed by atoms with Crippen LogP contribution in [0.4, 0.5) is 0 Å². The molecule has 4 atom stereocenters. The summed E-state index contributed by atoms with van der Waals surface area (Å²) in [7, 11) is -1.70. The van der Waals surface area contributed by atoms with Gasteiger partial charge in [0.1, 0.15) is 11.6 Å². The molecule has 246 valence electrons. The second-order valence-electron chi connectivity index (χ2n) is 13.8. The number of nitrogens with zero attached hydrogens (tertiary/aromatic N) is 2. The molecule has 2 aliphatic heterocycles. The predicted octanol–water partition coefficient (Wildman–Crippen LogP) is 4.40. The van der Waals surface area contributed by atoms with Crippen molar-refractivity contribution in [2.24, 2.45) is 11.8 Å². The molecule has 6 rings (SSSR count). The van der Waals surface area contributed by atoms with E-state index in [1.165, 1.54) is 11.1 Å². The third kappa shape index (κ3) is 7.55. The molecule has 9 nitrogen and oxygen atoms in total. The summed E-state index contributed by atoms with van der Waals surface area (Å²) in [5.74, 6) is -1.28. The second-order valence-corrected chi connectivity index (χ2v) is 15.7. The van der Waals surface area contributed by atoms with Crippen molar-refractivity contribution in [1.82, 2.24) is 19.8 Å². The molecule has 0 radical (unpaired) electrons. The summed E-state index contributed by atoms with van der Waals surface area (Å²) in [5, 5.41) is 2.43. The van der Waals surface area contributed by atoms with Crippen molar-refractivity contribution in [2.75, 3.05) is 20.1 Å². The molecule has 0 unspecified atom stereocenters. The third-order valence-corrected chi connectivity index (χ3v) is 11.7. The molecule has 2 N–H and O–H groups in total. The third-order valence-electron chi connectivity index (χ3n) is 9.91. The van der Waals surface area contributed by atoms with Gasteiger partial charge in [-0.3, -0.25) is 19.1 Å². The highest BCUT2D eigenvalue weighted by Gasteiger charge is 2.62. The minimum Gasteiger partial charge on any atom is -0.339 e. The van der Waals surface area contributed by atoms with Gasteiger partial charge in [0.2, 0.25) is 21.8 Å². The number of amides is 3. The van der Waals surface area contributed by atoms with Crippen molar-refractivity contribution in [3.8, 4) is 11.1 Å². The fraction of sp³-hybridized carbons (Fsp3) is 0.528. The second kappa shape index (κ2) is 13.7. The fourth-order valence-electron chi connectivity index (χ4n) is 7.14. The smallest absolute Gasteiger partial charge is 0.259 e. The maximum atomic E-state index is 14.0. The Morgan fingerprint density at radius 3 is 2.57 bits per heavy atom. The fourth-order valence-corrected chi connectivity index (χ4v) is 8.50. The Kier molecular flexibility index (Phi) is 9.66. The first-order valence-corrected chi connectivity index (χ1v) is 18.4. The molecule has 2 aromatic rings. The molecule has 2 aromatic carbocycles. The molecular weight excluding hydrogens is 600 g/mol. The summed E-state index contributed by atoms with van der Waals surface area (Å²) >= 11 is 0. The Bertz CT molecular complexity index is 1570. The molecule has 0 bridgehead atoms. The van der Waals surface area contributed by atoms with Crippen LogP contribution in [0.2, 0.25) is 0 Å². The monoisotopic (exact) mass is 646 g/mol. The molecule has 1 saturated heterocycles. The summed E-state index contributed by atoms with van der Waals surface area (Å²) in [5.41, 5.74) is 2.20. The van der Waals surface area contributed by atoms with Crippen molar-refractivity contribution in [3.63, 3.8) is 0 Å². The zero-order valence-corrected chi connectivity index (χ0v) is 27.5. The van der Waals surface area contributed by atoms with Gasteiger partial charge < -0.3 is 15.1 Å². The molecule has 4 aliphatic rings. The maximum Gasteiger partial charge on any atom is 0.259 e. The minimum absolute atomic E-state index is 0.0315. The Morgan fingerprint density at radius 1 is 1.02 bits per heavy atom. The quantitative estimate of drug-likeness (QED) is 0.411. The Balaban J connectivity index is 1.16. The molecule has 0 spiro atoms. The van der Waals surface area contributed by atoms with E-state index in [0.717, 1.165) is 44.2 Å². The van der Waals surface area contributed by atoms with E-state index in [0.29, 0.717) is 45.2 Å². The van der Waals surface area contributed by atoms with Gasteiger partial charge in [0, 0.05) is 32.0 Å². The number of fused-ring (bicyclic) bond motifs is 2. The van der Waals surface area contributed by atoms with Crippen LogP contribution in [-0.4, -0.2) is 72.9 Å². The average Bonchev–Trinajstić information content (AvgIpc) is 3.96. The number of rotatable bonds is 8. The van der Waals surface area contributed by atoms with Gasteiger partial charge in [0.25, 0.3) is 5.91 Å². The summed E-state index contributed by atoms with van der Waals surface area (Å²) in [4.78, 5) is 44.9. The molecule has 2 heterocycles. The van der Waals surface area contributed by atoms with Gasteiger partial charge in [-0.1, -0.05) is 73.5 Å². The highest BCUT2D eigenvalue weighted by Crippen LogP contribution is 2.46. The van der Waals surface area contributed by atoms with Crippen LogP contribution in [0.5, 0.6) is 0 Å². The van der Waals surface area contributed by atoms with E-state index < -0.39 is 32.8 Å². The zero-order chi connectivity index (χ0) is 32.3. The number of benzene rings is 2. The van der Waals surface area contributed by atoms with Crippen LogP contribution < -0.4 is 10.0 Å². The lowest BCUT2D eigenvalue weighted by Gasteiger charge is -2.27. The topological polar surface area (TPSA) is 116 Å². The average molecular weight is 647 g/mol. The van der Waals surface area contributed by atoms with Gasteiger partial charge in [-0.15, -0.1) is 0 Å². The van der Waals surface area contributed by atoms with Crippen LogP contribution in [0.1, 0.15) is 69.8 Å². The number of carbonyl (C=O) groups excluding carboxylic acids is 3. The van der Waals surface area contributed by atoms with Crippen LogP contribution in [0.25, 0.3) is 11.1 Å². The van der Waals surface area contributed by atoms with Crippen molar-refractivity contribution < 1.29 is 22.8 Å². The number of nitrogens with one attached hydrogen (secondary N) is 2. The van der Waals surface area contributed by atoms with Gasteiger partial charge in [0.05, 0.1) is 5.25 Å². The highest BCUT2D eigenvalue weighted by atomic mass is 32.2. The highest BCUT2D eigenvalue weighted by molar-refractivity contribution is 7.91. The molecule has 10 heteroatoms. The molecule has 2 aliphatic carbocycles. The molecule has 3 fully saturated rings. The standard InChI is InChI=1S/C36H46N4O5S/c1-39(23-26-12-11-15-29(20-26)28-13-7-6-8-14-28)24-27-21-32-34(42)37-36(35(43)38-46(44,45)31-18-19-31)22-30(36)16-9-4-2-3-5-10-17-33(41)40(32)25-27/h6-9,11-16,20,27,30-32H,2-5,10,17-19,21-25H2,1H3,(H,37,42)(H,38,43)/b16-9-/t27-,30+,32-,36+/m0/s1. The number of allylic oxidation sites excluding steroid dienone is 1. The number of carbonyl (C=O) groups is 3. The Morgan fingerprint density at radius 2 is 1.78 bits per heavy atom. The van der Waals surface area contributed by atoms with Gasteiger partial charge >= 0.3 is 0 Å². The Labute approximate surface area is 272 Å². The van der Waals surface area contributed by atoms with Crippen molar-refractivity contribution in [1.29, 1.82) is 0 Å². The number of hydrogen-bond donors (Lipinski definition) is 2. The van der Waals surface area contributed by atoms with Crippen LogP contribution >= 0.6 is 0 Å². The van der Waals surface area contributed by atoms with E-state index in [1.807, 2.05) is 30.4 Å². The van der Waals surface area contributed by atoms with E-state index in [4.69, 9.17) is 0 Å². The first-order chi connectivity index (χ1) is 22.1. The zero-order valence-electron chi connectivity index (χ0n) is 26.7. The van der Waals surface area contributed by atoms with Crippen molar-refractivity contribution >= 4 is 27.7 Å². The minimum atomic E-state index is -3.77. The summed E-state index contributed by atoms with van der Waals surface area (Å²) in [6.07, 6.45) is 10.9. The van der Waals surface area contributed by atoms with E-state index >= 15 is 0 Å². The molecule has 46 heavy (non-hydrogen) atoms. The lowest BCUT2D eigenvalue weighted by molar-refractivity contribution is -0.139.